The Morgan fingerprint density at radius 1 is 1.17 bits per heavy atom. The molecule has 0 aliphatic carbocycles. The highest BCUT2D eigenvalue weighted by atomic mass is 32.2. The highest BCUT2D eigenvalue weighted by Crippen LogP contribution is 2.29. The number of rotatable bonds is 3. The molecule has 0 spiro atoms. The largest absolute Gasteiger partial charge is 0.306 e. The van der Waals surface area contributed by atoms with Gasteiger partial charge in [0.1, 0.15) is 0 Å². The van der Waals surface area contributed by atoms with Crippen molar-refractivity contribution in [1.29, 1.82) is 0 Å². The van der Waals surface area contributed by atoms with E-state index in [-0.39, 0.29) is 4.87 Å². The van der Waals surface area contributed by atoms with Crippen molar-refractivity contribution < 1.29 is 0 Å². The van der Waals surface area contributed by atoms with Gasteiger partial charge >= 0.3 is 0 Å². The molecule has 1 rings (SSSR count). The average molecular weight is 181 g/mol. The third-order valence-corrected chi connectivity index (χ3v) is 2.94. The summed E-state index contributed by atoms with van der Waals surface area (Å²) in [5, 5.41) is 3.25. The lowest BCUT2D eigenvalue weighted by Gasteiger charge is -2.22. The van der Waals surface area contributed by atoms with Crippen molar-refractivity contribution in [1.82, 2.24) is 5.32 Å². The van der Waals surface area contributed by atoms with Crippen LogP contribution in [0.4, 0.5) is 0 Å². The first-order valence-electron chi connectivity index (χ1n) is 4.07. The molecule has 1 aromatic carbocycles. The molecule has 12 heavy (non-hydrogen) atoms. The second-order valence-corrected chi connectivity index (χ2v) is 4.87. The summed E-state index contributed by atoms with van der Waals surface area (Å²) in [7, 11) is 1.98. The van der Waals surface area contributed by atoms with Gasteiger partial charge in [0.25, 0.3) is 0 Å². The minimum Gasteiger partial charge on any atom is -0.306 e. The zero-order valence-electron chi connectivity index (χ0n) is 7.79. The molecule has 1 aromatic rings. The predicted molar refractivity (Wildman–Crippen MR) is 55.4 cm³/mol. The Labute approximate surface area is 78.6 Å². The summed E-state index contributed by atoms with van der Waals surface area (Å²) >= 11 is 1.83. The van der Waals surface area contributed by atoms with Crippen LogP contribution >= 0.6 is 11.8 Å². The maximum atomic E-state index is 3.25. The number of thioether (sulfide) groups is 1. The molecular formula is C10H15NS. The van der Waals surface area contributed by atoms with Crippen LogP contribution in [0, 0.1) is 0 Å². The quantitative estimate of drug-likeness (QED) is 0.568. The van der Waals surface area contributed by atoms with Gasteiger partial charge in [-0.25, -0.2) is 0 Å². The van der Waals surface area contributed by atoms with Gasteiger partial charge in [-0.1, -0.05) is 18.2 Å². The lowest BCUT2D eigenvalue weighted by atomic mass is 10.4. The maximum Gasteiger partial charge on any atom is 0.0632 e. The molecule has 0 fully saturated rings. The minimum atomic E-state index is 0.112. The van der Waals surface area contributed by atoms with Crippen LogP contribution in [0.25, 0.3) is 0 Å². The molecule has 0 radical (unpaired) electrons. The molecule has 0 saturated heterocycles. The first-order valence-corrected chi connectivity index (χ1v) is 4.89. The molecule has 0 heterocycles. The zero-order valence-corrected chi connectivity index (χ0v) is 8.61. The van der Waals surface area contributed by atoms with E-state index in [1.165, 1.54) is 4.90 Å². The Kier molecular flexibility index (Phi) is 3.18. The summed E-state index contributed by atoms with van der Waals surface area (Å²) in [5.74, 6) is 0. The molecule has 0 amide bonds. The van der Waals surface area contributed by atoms with E-state index < -0.39 is 0 Å². The van der Waals surface area contributed by atoms with Crippen LogP contribution in [-0.2, 0) is 0 Å². The second-order valence-electron chi connectivity index (χ2n) is 3.18. The Morgan fingerprint density at radius 2 is 1.75 bits per heavy atom. The SMILES string of the molecule is CNC(C)(C)Sc1ccccc1. The molecule has 1 nitrogen and oxygen atoms in total. The van der Waals surface area contributed by atoms with Gasteiger partial charge in [0.2, 0.25) is 0 Å². The van der Waals surface area contributed by atoms with Crippen molar-refractivity contribution in [3.63, 3.8) is 0 Å². The molecule has 0 aliphatic heterocycles. The Bertz CT molecular complexity index is 231. The van der Waals surface area contributed by atoms with Crippen LogP contribution in [0.2, 0.25) is 0 Å². The molecule has 0 bridgehead atoms. The molecule has 0 aromatic heterocycles. The van der Waals surface area contributed by atoms with E-state index in [0.717, 1.165) is 0 Å². The van der Waals surface area contributed by atoms with E-state index in [2.05, 4.69) is 43.4 Å². The van der Waals surface area contributed by atoms with Gasteiger partial charge in [0.15, 0.2) is 0 Å². The lowest BCUT2D eigenvalue weighted by molar-refractivity contribution is 0.609. The van der Waals surface area contributed by atoms with E-state index >= 15 is 0 Å². The van der Waals surface area contributed by atoms with Crippen LogP contribution in [0.1, 0.15) is 13.8 Å². The Balaban J connectivity index is 2.64. The Morgan fingerprint density at radius 3 is 2.25 bits per heavy atom. The van der Waals surface area contributed by atoms with Gasteiger partial charge in [-0.3, -0.25) is 0 Å². The maximum absolute atomic E-state index is 3.25. The number of hydrogen-bond acceptors (Lipinski definition) is 2. The molecule has 0 aliphatic rings. The summed E-state index contributed by atoms with van der Waals surface area (Å²) < 4.78 is 0. The number of hydrogen-bond donors (Lipinski definition) is 1. The van der Waals surface area contributed by atoms with Crippen molar-refractivity contribution >= 4 is 11.8 Å². The van der Waals surface area contributed by atoms with E-state index in [9.17, 15) is 0 Å². The van der Waals surface area contributed by atoms with Gasteiger partial charge in [-0.15, -0.1) is 11.8 Å². The van der Waals surface area contributed by atoms with Gasteiger partial charge in [-0.2, -0.15) is 0 Å². The molecular weight excluding hydrogens is 166 g/mol. The monoisotopic (exact) mass is 181 g/mol. The van der Waals surface area contributed by atoms with Crippen LogP contribution in [-0.4, -0.2) is 11.9 Å². The Hall–Kier alpha value is -0.470. The average Bonchev–Trinajstić information content (AvgIpc) is 2.06. The van der Waals surface area contributed by atoms with Crippen molar-refractivity contribution in [2.45, 2.75) is 23.6 Å². The summed E-state index contributed by atoms with van der Waals surface area (Å²) in [5.41, 5.74) is 0. The highest BCUT2D eigenvalue weighted by Gasteiger charge is 2.15. The van der Waals surface area contributed by atoms with E-state index in [1.54, 1.807) is 0 Å². The normalized spacial score (nSPS) is 11.6. The second kappa shape index (κ2) is 3.97. The molecule has 1 N–H and O–H groups in total. The highest BCUT2D eigenvalue weighted by molar-refractivity contribution is 8.00. The van der Waals surface area contributed by atoms with Gasteiger partial charge in [0.05, 0.1) is 4.87 Å². The first-order chi connectivity index (χ1) is 5.64. The van der Waals surface area contributed by atoms with Gasteiger partial charge in [0, 0.05) is 4.90 Å². The first kappa shape index (κ1) is 9.62. The fourth-order valence-corrected chi connectivity index (χ4v) is 1.82. The van der Waals surface area contributed by atoms with Crippen molar-refractivity contribution in [3.05, 3.63) is 30.3 Å². The molecule has 2 heteroatoms. The fourth-order valence-electron chi connectivity index (χ4n) is 0.834. The minimum absolute atomic E-state index is 0.112. The van der Waals surface area contributed by atoms with Gasteiger partial charge in [-0.05, 0) is 33.0 Å². The van der Waals surface area contributed by atoms with Crippen LogP contribution in [0.3, 0.4) is 0 Å². The summed E-state index contributed by atoms with van der Waals surface area (Å²) in [4.78, 5) is 1.42. The molecule has 0 atom stereocenters. The topological polar surface area (TPSA) is 12.0 Å². The number of nitrogens with one attached hydrogen (secondary N) is 1. The van der Waals surface area contributed by atoms with Gasteiger partial charge < -0.3 is 5.32 Å². The zero-order chi connectivity index (χ0) is 9.03. The summed E-state index contributed by atoms with van der Waals surface area (Å²) in [6.45, 7) is 4.34. The fraction of sp³-hybridized carbons (Fsp3) is 0.400. The summed E-state index contributed by atoms with van der Waals surface area (Å²) in [6.07, 6.45) is 0. The van der Waals surface area contributed by atoms with E-state index in [1.807, 2.05) is 24.9 Å². The standard InChI is InChI=1S/C10H15NS/c1-10(2,11-3)12-9-7-5-4-6-8-9/h4-8,11H,1-3H3. The van der Waals surface area contributed by atoms with E-state index in [4.69, 9.17) is 0 Å². The predicted octanol–water partition coefficient (Wildman–Crippen LogP) is 2.73. The van der Waals surface area contributed by atoms with Crippen LogP contribution in [0.5, 0.6) is 0 Å². The van der Waals surface area contributed by atoms with E-state index in [0.29, 0.717) is 0 Å². The molecule has 0 saturated carbocycles. The lowest BCUT2D eigenvalue weighted by Crippen LogP contribution is -2.31. The summed E-state index contributed by atoms with van der Waals surface area (Å²) in [6, 6.07) is 10.4. The van der Waals surface area contributed by atoms with Crippen molar-refractivity contribution in [2.24, 2.45) is 0 Å². The van der Waals surface area contributed by atoms with Crippen molar-refractivity contribution in [3.8, 4) is 0 Å². The van der Waals surface area contributed by atoms with Crippen molar-refractivity contribution in [2.75, 3.05) is 7.05 Å². The van der Waals surface area contributed by atoms with Crippen LogP contribution in [0.15, 0.2) is 35.2 Å². The number of benzene rings is 1. The third kappa shape index (κ3) is 2.88. The van der Waals surface area contributed by atoms with Crippen LogP contribution < -0.4 is 5.32 Å². The third-order valence-electron chi connectivity index (χ3n) is 1.72. The molecule has 66 valence electrons. The smallest absolute Gasteiger partial charge is 0.0632 e. The molecule has 0 unspecified atom stereocenters.